The number of anilines is 1. The van der Waals surface area contributed by atoms with Crippen LogP contribution in [0.1, 0.15) is 5.82 Å². The Kier molecular flexibility index (Phi) is 7.12. The van der Waals surface area contributed by atoms with Crippen LogP contribution in [0.15, 0.2) is 29.5 Å². The lowest BCUT2D eigenvalue weighted by Gasteiger charge is -2.37. The molecule has 0 saturated carbocycles. The van der Waals surface area contributed by atoms with Crippen molar-refractivity contribution in [2.75, 3.05) is 38.1 Å². The first kappa shape index (κ1) is 20.3. The zero-order valence-electron chi connectivity index (χ0n) is 14.7. The molecule has 0 radical (unpaired) electrons. The van der Waals surface area contributed by atoms with E-state index in [4.69, 9.17) is 0 Å². The van der Waals surface area contributed by atoms with Gasteiger partial charge in [-0.05, 0) is 12.1 Å². The van der Waals surface area contributed by atoms with Crippen molar-refractivity contribution in [3.8, 4) is 0 Å². The molecule has 0 atom stereocenters. The van der Waals surface area contributed by atoms with Crippen molar-refractivity contribution in [3.63, 3.8) is 0 Å². The minimum absolute atomic E-state index is 0. The Morgan fingerprint density at radius 1 is 1.23 bits per heavy atom. The Morgan fingerprint density at radius 2 is 1.96 bits per heavy atom. The average molecular weight is 477 g/mol. The van der Waals surface area contributed by atoms with Crippen LogP contribution in [0.25, 0.3) is 0 Å². The van der Waals surface area contributed by atoms with Crippen LogP contribution in [0.4, 0.5) is 14.5 Å². The highest BCUT2D eigenvalue weighted by atomic mass is 127. The van der Waals surface area contributed by atoms with Gasteiger partial charge in [-0.3, -0.25) is 9.67 Å². The number of nitrogens with one attached hydrogen (secondary N) is 1. The quantitative estimate of drug-likeness (QED) is 0.414. The molecule has 26 heavy (non-hydrogen) atoms. The predicted molar refractivity (Wildman–Crippen MR) is 107 cm³/mol. The van der Waals surface area contributed by atoms with Gasteiger partial charge in [0.15, 0.2) is 5.96 Å². The molecule has 142 valence electrons. The number of piperazine rings is 1. The van der Waals surface area contributed by atoms with Crippen LogP contribution >= 0.6 is 24.0 Å². The standard InChI is InChI=1S/C16H21F2N7.HI/c1-19-16(20-10-15-21-11-22-23(15)2)25-7-5-24(6-8-25)14-9-12(17)3-4-13(14)18;/h3-4,9,11H,5-8,10H2,1-2H3,(H,19,20);1H. The highest BCUT2D eigenvalue weighted by Crippen LogP contribution is 2.21. The van der Waals surface area contributed by atoms with E-state index in [2.05, 4.69) is 25.3 Å². The van der Waals surface area contributed by atoms with Gasteiger partial charge in [-0.1, -0.05) is 0 Å². The minimum atomic E-state index is -0.431. The van der Waals surface area contributed by atoms with E-state index in [-0.39, 0.29) is 24.0 Å². The summed E-state index contributed by atoms with van der Waals surface area (Å²) in [6.07, 6.45) is 1.51. The van der Waals surface area contributed by atoms with E-state index in [1.54, 1.807) is 11.7 Å². The van der Waals surface area contributed by atoms with Gasteiger partial charge in [0.1, 0.15) is 23.8 Å². The number of nitrogens with zero attached hydrogens (tertiary/aromatic N) is 6. The Balaban J connectivity index is 0.00000243. The smallest absolute Gasteiger partial charge is 0.194 e. The fraction of sp³-hybridized carbons (Fsp3) is 0.438. The van der Waals surface area contributed by atoms with E-state index in [0.29, 0.717) is 38.4 Å². The van der Waals surface area contributed by atoms with E-state index >= 15 is 0 Å². The molecule has 1 fully saturated rings. The normalized spacial score (nSPS) is 15.0. The van der Waals surface area contributed by atoms with Crippen LogP contribution in [0.2, 0.25) is 0 Å². The lowest BCUT2D eigenvalue weighted by atomic mass is 10.2. The van der Waals surface area contributed by atoms with E-state index in [0.717, 1.165) is 17.9 Å². The number of aliphatic imine (C=N–C) groups is 1. The molecular weight excluding hydrogens is 455 g/mol. The first-order valence-corrected chi connectivity index (χ1v) is 8.07. The van der Waals surface area contributed by atoms with Crippen LogP contribution in [0, 0.1) is 11.6 Å². The molecule has 0 unspecified atom stereocenters. The summed E-state index contributed by atoms with van der Waals surface area (Å²) in [5.41, 5.74) is 0.307. The van der Waals surface area contributed by atoms with Gasteiger partial charge in [0.25, 0.3) is 0 Å². The lowest BCUT2D eigenvalue weighted by molar-refractivity contribution is 0.369. The Bertz CT molecular complexity index is 757. The van der Waals surface area contributed by atoms with E-state index < -0.39 is 11.6 Å². The molecule has 1 aliphatic rings. The largest absolute Gasteiger partial charge is 0.366 e. The van der Waals surface area contributed by atoms with Crippen LogP contribution in [-0.4, -0.2) is 58.9 Å². The number of hydrogen-bond donors (Lipinski definition) is 1. The summed E-state index contributed by atoms with van der Waals surface area (Å²) in [5.74, 6) is 0.726. The molecule has 2 heterocycles. The van der Waals surface area contributed by atoms with E-state index in [9.17, 15) is 8.78 Å². The molecule has 1 aromatic carbocycles. The van der Waals surface area contributed by atoms with Crippen molar-refractivity contribution >= 4 is 35.6 Å². The minimum Gasteiger partial charge on any atom is -0.366 e. The van der Waals surface area contributed by atoms with Crippen LogP contribution in [0.3, 0.4) is 0 Å². The van der Waals surface area contributed by atoms with Crippen molar-refractivity contribution in [1.29, 1.82) is 0 Å². The fourth-order valence-electron chi connectivity index (χ4n) is 2.86. The van der Waals surface area contributed by atoms with Crippen molar-refractivity contribution in [2.45, 2.75) is 6.54 Å². The summed E-state index contributed by atoms with van der Waals surface area (Å²) in [6.45, 7) is 3.01. The monoisotopic (exact) mass is 477 g/mol. The number of aromatic nitrogens is 3. The predicted octanol–water partition coefficient (Wildman–Crippen LogP) is 1.61. The average Bonchev–Trinajstić information content (AvgIpc) is 3.03. The zero-order valence-corrected chi connectivity index (χ0v) is 17.0. The molecule has 1 aromatic heterocycles. The molecule has 0 amide bonds. The third kappa shape index (κ3) is 4.59. The molecule has 1 aliphatic heterocycles. The Hall–Kier alpha value is -1.98. The summed E-state index contributed by atoms with van der Waals surface area (Å²) in [5, 5.41) is 7.29. The molecule has 0 bridgehead atoms. The zero-order chi connectivity index (χ0) is 17.8. The number of halogens is 3. The van der Waals surface area contributed by atoms with Crippen LogP contribution < -0.4 is 10.2 Å². The highest BCUT2D eigenvalue weighted by molar-refractivity contribution is 14.0. The topological polar surface area (TPSA) is 61.6 Å². The fourth-order valence-corrected chi connectivity index (χ4v) is 2.86. The molecule has 0 spiro atoms. The van der Waals surface area contributed by atoms with Crippen molar-refractivity contribution in [1.82, 2.24) is 25.0 Å². The maximum absolute atomic E-state index is 13.9. The Morgan fingerprint density at radius 3 is 2.58 bits per heavy atom. The van der Waals surface area contributed by atoms with Gasteiger partial charge in [0.2, 0.25) is 0 Å². The van der Waals surface area contributed by atoms with Gasteiger partial charge < -0.3 is 15.1 Å². The molecular formula is C16H22F2IN7. The van der Waals surface area contributed by atoms with Gasteiger partial charge >= 0.3 is 0 Å². The summed E-state index contributed by atoms with van der Waals surface area (Å²) in [4.78, 5) is 12.4. The molecule has 1 saturated heterocycles. The summed E-state index contributed by atoms with van der Waals surface area (Å²) >= 11 is 0. The van der Waals surface area contributed by atoms with Crippen LogP contribution in [-0.2, 0) is 13.6 Å². The molecule has 3 rings (SSSR count). The Labute approximate surface area is 168 Å². The van der Waals surface area contributed by atoms with Gasteiger partial charge in [-0.15, -0.1) is 24.0 Å². The number of benzene rings is 1. The van der Waals surface area contributed by atoms with E-state index in [1.165, 1.54) is 18.5 Å². The van der Waals surface area contributed by atoms with Gasteiger partial charge in [-0.2, -0.15) is 5.10 Å². The van der Waals surface area contributed by atoms with Crippen molar-refractivity contribution in [3.05, 3.63) is 42.0 Å². The first-order valence-electron chi connectivity index (χ1n) is 8.07. The number of guanidine groups is 1. The van der Waals surface area contributed by atoms with E-state index in [1.807, 2.05) is 11.9 Å². The molecule has 7 nitrogen and oxygen atoms in total. The summed E-state index contributed by atoms with van der Waals surface area (Å²) in [7, 11) is 3.55. The lowest BCUT2D eigenvalue weighted by Crippen LogP contribution is -2.52. The number of rotatable bonds is 3. The van der Waals surface area contributed by atoms with Gasteiger partial charge in [0, 0.05) is 46.3 Å². The maximum atomic E-state index is 13.9. The first-order chi connectivity index (χ1) is 12.1. The van der Waals surface area contributed by atoms with Crippen LogP contribution in [0.5, 0.6) is 0 Å². The van der Waals surface area contributed by atoms with Gasteiger partial charge in [0.05, 0.1) is 12.2 Å². The maximum Gasteiger partial charge on any atom is 0.194 e. The summed E-state index contributed by atoms with van der Waals surface area (Å²) in [6, 6.07) is 3.54. The third-order valence-corrected chi connectivity index (χ3v) is 4.25. The highest BCUT2D eigenvalue weighted by Gasteiger charge is 2.22. The second-order valence-electron chi connectivity index (χ2n) is 5.77. The van der Waals surface area contributed by atoms with Gasteiger partial charge in [-0.25, -0.2) is 13.8 Å². The third-order valence-electron chi connectivity index (χ3n) is 4.25. The molecule has 0 aliphatic carbocycles. The summed E-state index contributed by atoms with van der Waals surface area (Å²) < 4.78 is 29.0. The molecule has 1 N–H and O–H groups in total. The molecule has 2 aromatic rings. The molecule has 10 heteroatoms. The SMILES string of the molecule is CN=C(NCc1ncnn1C)N1CCN(c2cc(F)ccc2F)CC1.I. The number of aryl methyl sites for hydroxylation is 1. The number of hydrogen-bond acceptors (Lipinski definition) is 4. The van der Waals surface area contributed by atoms with Crippen molar-refractivity contribution in [2.24, 2.45) is 12.0 Å². The second-order valence-corrected chi connectivity index (χ2v) is 5.77. The van der Waals surface area contributed by atoms with Crippen molar-refractivity contribution < 1.29 is 8.78 Å². The second kappa shape index (κ2) is 9.10.